The predicted octanol–water partition coefficient (Wildman–Crippen LogP) is 4.59. The number of esters is 1. The minimum atomic E-state index is -1.13. The highest BCUT2D eigenvalue weighted by Crippen LogP contribution is 2.23. The summed E-state index contributed by atoms with van der Waals surface area (Å²) in [5.41, 5.74) is 0.0748. The summed E-state index contributed by atoms with van der Waals surface area (Å²) in [6.45, 7) is 1.40. The van der Waals surface area contributed by atoms with Gasteiger partial charge in [0.15, 0.2) is 6.10 Å². The third-order valence-electron chi connectivity index (χ3n) is 4.05. The number of non-ortho nitro benzene ring substituents is 1. The van der Waals surface area contributed by atoms with Crippen LogP contribution < -0.4 is 5.32 Å². The number of anilines is 1. The molecule has 28 heavy (non-hydrogen) atoms. The van der Waals surface area contributed by atoms with Gasteiger partial charge in [0, 0.05) is 17.8 Å². The van der Waals surface area contributed by atoms with Gasteiger partial charge in [-0.1, -0.05) is 41.9 Å². The van der Waals surface area contributed by atoms with E-state index in [1.54, 1.807) is 12.1 Å². The lowest BCUT2D eigenvalue weighted by atomic mass is 10.1. The monoisotopic (exact) mass is 398 g/mol. The van der Waals surface area contributed by atoms with Crippen molar-refractivity contribution in [3.8, 4) is 0 Å². The van der Waals surface area contributed by atoms with Crippen LogP contribution in [0.25, 0.3) is 10.8 Å². The second kappa shape index (κ2) is 8.06. The first-order valence-electron chi connectivity index (χ1n) is 8.30. The number of nitro groups is 1. The first-order chi connectivity index (χ1) is 13.3. The number of nitro benzene ring substituents is 1. The van der Waals surface area contributed by atoms with Gasteiger partial charge in [-0.25, -0.2) is 4.79 Å². The van der Waals surface area contributed by atoms with Gasteiger partial charge < -0.3 is 10.1 Å². The number of halogens is 1. The SMILES string of the molecule is C[C@H](OC(=O)c1cc([N+](=O)[O-])ccc1Cl)C(=O)Nc1ccc2ccccc2c1. The lowest BCUT2D eigenvalue weighted by Gasteiger charge is -2.14. The Kier molecular flexibility index (Phi) is 5.56. The number of hydrogen-bond donors (Lipinski definition) is 1. The van der Waals surface area contributed by atoms with Gasteiger partial charge in [-0.15, -0.1) is 0 Å². The Morgan fingerprint density at radius 2 is 1.79 bits per heavy atom. The van der Waals surface area contributed by atoms with E-state index in [1.165, 1.54) is 19.1 Å². The fourth-order valence-corrected chi connectivity index (χ4v) is 2.77. The molecule has 3 rings (SSSR count). The standard InChI is InChI=1S/C20H15ClN2O5/c1-12(28-20(25)17-11-16(23(26)27)8-9-18(17)21)19(24)22-15-7-6-13-4-2-3-5-14(13)10-15/h2-12H,1H3,(H,22,24)/t12-/m0/s1. The van der Waals surface area contributed by atoms with Crippen LogP contribution in [0.5, 0.6) is 0 Å². The van der Waals surface area contributed by atoms with E-state index in [4.69, 9.17) is 16.3 Å². The summed E-state index contributed by atoms with van der Waals surface area (Å²) in [6.07, 6.45) is -1.13. The summed E-state index contributed by atoms with van der Waals surface area (Å²) < 4.78 is 5.12. The number of nitrogens with zero attached hydrogens (tertiary/aromatic N) is 1. The molecule has 0 aliphatic rings. The second-order valence-electron chi connectivity index (χ2n) is 6.02. The van der Waals surface area contributed by atoms with Gasteiger partial charge in [0.05, 0.1) is 15.5 Å². The zero-order chi connectivity index (χ0) is 20.3. The number of nitrogens with one attached hydrogen (secondary N) is 1. The maximum Gasteiger partial charge on any atom is 0.340 e. The van der Waals surface area contributed by atoms with Crippen LogP contribution in [-0.2, 0) is 9.53 Å². The van der Waals surface area contributed by atoms with E-state index in [0.717, 1.165) is 16.8 Å². The molecule has 7 nitrogen and oxygen atoms in total. The van der Waals surface area contributed by atoms with Gasteiger partial charge in [-0.3, -0.25) is 14.9 Å². The van der Waals surface area contributed by atoms with Crippen LogP contribution in [0, 0.1) is 10.1 Å². The van der Waals surface area contributed by atoms with E-state index in [-0.39, 0.29) is 16.3 Å². The third-order valence-corrected chi connectivity index (χ3v) is 4.38. The number of rotatable bonds is 5. The van der Waals surface area contributed by atoms with Crippen molar-refractivity contribution in [2.45, 2.75) is 13.0 Å². The molecule has 8 heteroatoms. The van der Waals surface area contributed by atoms with Crippen LogP contribution in [-0.4, -0.2) is 22.9 Å². The summed E-state index contributed by atoms with van der Waals surface area (Å²) in [6, 6.07) is 16.5. The number of amides is 1. The molecule has 0 saturated carbocycles. The summed E-state index contributed by atoms with van der Waals surface area (Å²) in [7, 11) is 0. The van der Waals surface area contributed by atoms with Crippen LogP contribution in [0.3, 0.4) is 0 Å². The van der Waals surface area contributed by atoms with Crippen LogP contribution >= 0.6 is 11.6 Å². The Labute approximate surface area is 165 Å². The number of benzene rings is 3. The molecule has 0 bridgehead atoms. The molecule has 1 N–H and O–H groups in total. The number of hydrogen-bond acceptors (Lipinski definition) is 5. The van der Waals surface area contributed by atoms with Crippen molar-refractivity contribution in [2.75, 3.05) is 5.32 Å². The molecular weight excluding hydrogens is 384 g/mol. The van der Waals surface area contributed by atoms with E-state index in [2.05, 4.69) is 5.32 Å². The van der Waals surface area contributed by atoms with E-state index in [1.807, 2.05) is 30.3 Å². The van der Waals surface area contributed by atoms with Gasteiger partial charge in [-0.2, -0.15) is 0 Å². The largest absolute Gasteiger partial charge is 0.449 e. The molecule has 3 aromatic rings. The predicted molar refractivity (Wildman–Crippen MR) is 106 cm³/mol. The molecule has 142 valence electrons. The zero-order valence-electron chi connectivity index (χ0n) is 14.7. The van der Waals surface area contributed by atoms with Gasteiger partial charge in [-0.05, 0) is 35.9 Å². The average Bonchev–Trinajstić information content (AvgIpc) is 2.67. The Bertz CT molecular complexity index is 1080. The first-order valence-corrected chi connectivity index (χ1v) is 8.67. The molecule has 1 atom stereocenters. The van der Waals surface area contributed by atoms with Crippen molar-refractivity contribution >= 4 is 45.6 Å². The maximum atomic E-state index is 12.3. The molecule has 0 aliphatic heterocycles. The molecule has 1 amide bonds. The topological polar surface area (TPSA) is 98.5 Å². The normalized spacial score (nSPS) is 11.6. The van der Waals surface area contributed by atoms with Crippen LogP contribution in [0.1, 0.15) is 17.3 Å². The van der Waals surface area contributed by atoms with Gasteiger partial charge in [0.2, 0.25) is 0 Å². The number of carbonyl (C=O) groups excluding carboxylic acids is 2. The van der Waals surface area contributed by atoms with Crippen molar-refractivity contribution < 1.29 is 19.2 Å². The van der Waals surface area contributed by atoms with E-state index >= 15 is 0 Å². The summed E-state index contributed by atoms with van der Waals surface area (Å²) >= 11 is 5.92. The lowest BCUT2D eigenvalue weighted by molar-refractivity contribution is -0.384. The van der Waals surface area contributed by atoms with Gasteiger partial charge >= 0.3 is 5.97 Å². The lowest BCUT2D eigenvalue weighted by Crippen LogP contribution is -2.30. The minimum absolute atomic E-state index is 0.00210. The van der Waals surface area contributed by atoms with Crippen molar-refractivity contribution in [1.82, 2.24) is 0 Å². The fraction of sp³-hybridized carbons (Fsp3) is 0.100. The van der Waals surface area contributed by atoms with Crippen LogP contribution in [0.4, 0.5) is 11.4 Å². The van der Waals surface area contributed by atoms with E-state index < -0.39 is 22.9 Å². The molecule has 0 radical (unpaired) electrons. The first kappa shape index (κ1) is 19.3. The number of fused-ring (bicyclic) bond motifs is 1. The number of ether oxygens (including phenoxy) is 1. The Morgan fingerprint density at radius 3 is 2.50 bits per heavy atom. The Hall–Kier alpha value is -3.45. The van der Waals surface area contributed by atoms with Crippen molar-refractivity contribution in [3.63, 3.8) is 0 Å². The minimum Gasteiger partial charge on any atom is -0.449 e. The fourth-order valence-electron chi connectivity index (χ4n) is 2.57. The summed E-state index contributed by atoms with van der Waals surface area (Å²) in [5.74, 6) is -1.46. The Balaban J connectivity index is 1.70. The Morgan fingerprint density at radius 1 is 1.07 bits per heavy atom. The quantitative estimate of drug-likeness (QED) is 0.385. The maximum absolute atomic E-state index is 12.3. The van der Waals surface area contributed by atoms with E-state index in [9.17, 15) is 19.7 Å². The highest BCUT2D eigenvalue weighted by molar-refractivity contribution is 6.33. The third kappa shape index (κ3) is 4.27. The molecule has 0 unspecified atom stereocenters. The molecule has 3 aromatic carbocycles. The molecule has 0 aromatic heterocycles. The van der Waals surface area contributed by atoms with Gasteiger partial charge in [0.1, 0.15) is 0 Å². The van der Waals surface area contributed by atoms with Crippen LogP contribution in [0.15, 0.2) is 60.7 Å². The second-order valence-corrected chi connectivity index (χ2v) is 6.43. The summed E-state index contributed by atoms with van der Waals surface area (Å²) in [5, 5.41) is 15.5. The van der Waals surface area contributed by atoms with Crippen LogP contribution in [0.2, 0.25) is 5.02 Å². The molecule has 0 heterocycles. The highest BCUT2D eigenvalue weighted by Gasteiger charge is 2.22. The molecule has 0 aliphatic carbocycles. The average molecular weight is 399 g/mol. The molecule has 0 fully saturated rings. The molecular formula is C20H15ClN2O5. The van der Waals surface area contributed by atoms with Crippen molar-refractivity contribution in [2.24, 2.45) is 0 Å². The molecule has 0 spiro atoms. The van der Waals surface area contributed by atoms with Crippen molar-refractivity contribution in [1.29, 1.82) is 0 Å². The number of carbonyl (C=O) groups is 2. The highest BCUT2D eigenvalue weighted by atomic mass is 35.5. The van der Waals surface area contributed by atoms with Crippen molar-refractivity contribution in [3.05, 3.63) is 81.4 Å². The van der Waals surface area contributed by atoms with Gasteiger partial charge in [0.25, 0.3) is 11.6 Å². The van der Waals surface area contributed by atoms with E-state index in [0.29, 0.717) is 5.69 Å². The smallest absolute Gasteiger partial charge is 0.340 e. The molecule has 0 saturated heterocycles. The zero-order valence-corrected chi connectivity index (χ0v) is 15.5. The summed E-state index contributed by atoms with van der Waals surface area (Å²) in [4.78, 5) is 34.8.